The summed E-state index contributed by atoms with van der Waals surface area (Å²) in [6.07, 6.45) is 3.55. The lowest BCUT2D eigenvalue weighted by Gasteiger charge is -2.22. The Kier molecular flexibility index (Phi) is 3.16. The summed E-state index contributed by atoms with van der Waals surface area (Å²) >= 11 is 0. The number of benzene rings is 1. The van der Waals surface area contributed by atoms with E-state index in [-0.39, 0.29) is 6.10 Å². The third-order valence-electron chi connectivity index (χ3n) is 3.99. The molecule has 2 aromatic heterocycles. The van der Waals surface area contributed by atoms with Crippen molar-refractivity contribution in [3.05, 3.63) is 48.2 Å². The van der Waals surface area contributed by atoms with Crippen LogP contribution >= 0.6 is 0 Å². The lowest BCUT2D eigenvalue weighted by atomic mass is 10.0. The summed E-state index contributed by atoms with van der Waals surface area (Å²) in [5.41, 5.74) is 3.86. The zero-order valence-corrected chi connectivity index (χ0v) is 11.7. The predicted octanol–water partition coefficient (Wildman–Crippen LogP) is 3.87. The number of aromatic amines is 1. The molecular weight excluding hydrogens is 262 g/mol. The predicted molar refractivity (Wildman–Crippen MR) is 81.9 cm³/mol. The van der Waals surface area contributed by atoms with Gasteiger partial charge in [0, 0.05) is 12.0 Å². The zero-order chi connectivity index (χ0) is 14.1. The third-order valence-corrected chi connectivity index (χ3v) is 3.99. The minimum Gasteiger partial charge on any atom is -0.372 e. The molecule has 1 saturated heterocycles. The number of aromatic nitrogens is 3. The second-order valence-corrected chi connectivity index (χ2v) is 5.42. The van der Waals surface area contributed by atoms with Crippen LogP contribution in [-0.2, 0) is 4.74 Å². The van der Waals surface area contributed by atoms with Crippen LogP contribution in [0.15, 0.2) is 42.5 Å². The van der Waals surface area contributed by atoms with E-state index in [9.17, 15) is 0 Å². The van der Waals surface area contributed by atoms with Crippen LogP contribution in [0.3, 0.4) is 0 Å². The summed E-state index contributed by atoms with van der Waals surface area (Å²) in [4.78, 5) is 4.78. The largest absolute Gasteiger partial charge is 0.372 e. The minimum absolute atomic E-state index is 0.129. The molecule has 3 aromatic rings. The van der Waals surface area contributed by atoms with Crippen LogP contribution in [0.25, 0.3) is 22.3 Å². The van der Waals surface area contributed by atoms with E-state index in [4.69, 9.17) is 9.72 Å². The van der Waals surface area contributed by atoms with Gasteiger partial charge < -0.3 is 4.74 Å². The molecule has 0 radical (unpaired) electrons. The van der Waals surface area contributed by atoms with Gasteiger partial charge in [-0.2, -0.15) is 5.10 Å². The molecule has 4 heteroatoms. The van der Waals surface area contributed by atoms with E-state index >= 15 is 0 Å². The van der Waals surface area contributed by atoms with Gasteiger partial charge in [-0.25, -0.2) is 4.98 Å². The van der Waals surface area contributed by atoms with Crippen molar-refractivity contribution in [2.24, 2.45) is 0 Å². The standard InChI is InChI=1S/C17H17N3O/c1-2-7-13-12(6-1)17(20-19-13)15-9-5-8-14(18-15)16-10-3-4-11-21-16/h1-2,5-9,16H,3-4,10-11H2,(H,19,20). The molecule has 1 aliphatic rings. The Morgan fingerprint density at radius 3 is 2.90 bits per heavy atom. The number of H-pyrrole nitrogens is 1. The van der Waals surface area contributed by atoms with Gasteiger partial charge in [-0.3, -0.25) is 5.10 Å². The van der Waals surface area contributed by atoms with Crippen LogP contribution in [0.2, 0.25) is 0 Å². The van der Waals surface area contributed by atoms with Gasteiger partial charge in [-0.1, -0.05) is 24.3 Å². The summed E-state index contributed by atoms with van der Waals surface area (Å²) in [6, 6.07) is 14.2. The number of pyridine rings is 1. The summed E-state index contributed by atoms with van der Waals surface area (Å²) in [5.74, 6) is 0. The van der Waals surface area contributed by atoms with Crippen molar-refractivity contribution < 1.29 is 4.74 Å². The molecule has 1 fully saturated rings. The average Bonchev–Trinajstić information content (AvgIpc) is 3.00. The van der Waals surface area contributed by atoms with Crippen LogP contribution in [-0.4, -0.2) is 21.8 Å². The van der Waals surface area contributed by atoms with E-state index in [1.165, 1.54) is 6.42 Å². The van der Waals surface area contributed by atoms with Gasteiger partial charge in [0.15, 0.2) is 0 Å². The van der Waals surface area contributed by atoms with Crippen molar-refractivity contribution in [3.63, 3.8) is 0 Å². The van der Waals surface area contributed by atoms with E-state index in [1.807, 2.05) is 36.4 Å². The van der Waals surface area contributed by atoms with Crippen LogP contribution in [0.1, 0.15) is 31.1 Å². The first-order chi connectivity index (χ1) is 10.4. The van der Waals surface area contributed by atoms with Gasteiger partial charge in [-0.15, -0.1) is 0 Å². The van der Waals surface area contributed by atoms with Gasteiger partial charge in [0.1, 0.15) is 5.69 Å². The summed E-state index contributed by atoms with van der Waals surface area (Å²) < 4.78 is 5.83. The molecule has 0 saturated carbocycles. The molecule has 3 heterocycles. The molecule has 1 unspecified atom stereocenters. The maximum Gasteiger partial charge on any atom is 0.118 e. The Morgan fingerprint density at radius 1 is 1.05 bits per heavy atom. The number of para-hydroxylation sites is 1. The quantitative estimate of drug-likeness (QED) is 0.774. The summed E-state index contributed by atoms with van der Waals surface area (Å²) in [6.45, 7) is 0.835. The van der Waals surface area contributed by atoms with E-state index in [2.05, 4.69) is 16.3 Å². The van der Waals surface area contributed by atoms with Crippen molar-refractivity contribution >= 4 is 10.9 Å². The molecule has 0 aliphatic carbocycles. The number of nitrogens with zero attached hydrogens (tertiary/aromatic N) is 2. The van der Waals surface area contributed by atoms with Crippen LogP contribution < -0.4 is 0 Å². The maximum absolute atomic E-state index is 5.83. The number of rotatable bonds is 2. The topological polar surface area (TPSA) is 50.8 Å². The monoisotopic (exact) mass is 279 g/mol. The highest BCUT2D eigenvalue weighted by Gasteiger charge is 2.18. The Hall–Kier alpha value is -2.20. The van der Waals surface area contributed by atoms with E-state index in [0.717, 1.165) is 47.4 Å². The van der Waals surface area contributed by atoms with Crippen molar-refractivity contribution in [3.8, 4) is 11.4 Å². The molecule has 0 bridgehead atoms. The first kappa shape index (κ1) is 12.5. The molecule has 4 nitrogen and oxygen atoms in total. The minimum atomic E-state index is 0.129. The highest BCUT2D eigenvalue weighted by atomic mass is 16.5. The van der Waals surface area contributed by atoms with E-state index in [0.29, 0.717) is 0 Å². The Labute approximate surface area is 123 Å². The smallest absolute Gasteiger partial charge is 0.118 e. The second kappa shape index (κ2) is 5.30. The number of ether oxygens (including phenoxy) is 1. The summed E-state index contributed by atoms with van der Waals surface area (Å²) in [5, 5.41) is 8.59. The average molecular weight is 279 g/mol. The van der Waals surface area contributed by atoms with Crippen molar-refractivity contribution in [1.29, 1.82) is 0 Å². The van der Waals surface area contributed by atoms with E-state index in [1.54, 1.807) is 0 Å². The fourth-order valence-corrected chi connectivity index (χ4v) is 2.90. The molecule has 1 N–H and O–H groups in total. The molecule has 106 valence electrons. The molecule has 4 rings (SSSR count). The Balaban J connectivity index is 1.75. The van der Waals surface area contributed by atoms with Crippen molar-refractivity contribution in [1.82, 2.24) is 15.2 Å². The lowest BCUT2D eigenvalue weighted by molar-refractivity contribution is 0.0124. The molecule has 1 aromatic carbocycles. The first-order valence-corrected chi connectivity index (χ1v) is 7.44. The molecule has 0 amide bonds. The van der Waals surface area contributed by atoms with E-state index < -0.39 is 0 Å². The van der Waals surface area contributed by atoms with Crippen LogP contribution in [0, 0.1) is 0 Å². The maximum atomic E-state index is 5.83. The van der Waals surface area contributed by atoms with Crippen LogP contribution in [0.4, 0.5) is 0 Å². The number of hydrogen-bond donors (Lipinski definition) is 1. The van der Waals surface area contributed by atoms with Gasteiger partial charge in [0.25, 0.3) is 0 Å². The van der Waals surface area contributed by atoms with Gasteiger partial charge in [-0.05, 0) is 37.5 Å². The molecule has 21 heavy (non-hydrogen) atoms. The number of hydrogen-bond acceptors (Lipinski definition) is 3. The van der Waals surface area contributed by atoms with Crippen molar-refractivity contribution in [2.45, 2.75) is 25.4 Å². The highest BCUT2D eigenvalue weighted by molar-refractivity contribution is 5.91. The zero-order valence-electron chi connectivity index (χ0n) is 11.7. The molecule has 1 aliphatic heterocycles. The fraction of sp³-hybridized carbons (Fsp3) is 0.294. The lowest BCUT2D eigenvalue weighted by Crippen LogP contribution is -2.12. The van der Waals surface area contributed by atoms with Gasteiger partial charge >= 0.3 is 0 Å². The normalized spacial score (nSPS) is 19.0. The van der Waals surface area contributed by atoms with Crippen LogP contribution in [0.5, 0.6) is 0 Å². The number of nitrogens with one attached hydrogen (secondary N) is 1. The first-order valence-electron chi connectivity index (χ1n) is 7.44. The fourth-order valence-electron chi connectivity index (χ4n) is 2.90. The Morgan fingerprint density at radius 2 is 2.00 bits per heavy atom. The number of fused-ring (bicyclic) bond motifs is 1. The third kappa shape index (κ3) is 2.32. The van der Waals surface area contributed by atoms with Gasteiger partial charge in [0.05, 0.1) is 23.0 Å². The second-order valence-electron chi connectivity index (χ2n) is 5.42. The SMILES string of the molecule is c1cc(-c2n[nH]c3ccccc23)nc(C2CCCCO2)c1. The molecular formula is C17H17N3O. The molecule has 0 spiro atoms. The Bertz CT molecular complexity index is 759. The van der Waals surface area contributed by atoms with Crippen molar-refractivity contribution in [2.75, 3.05) is 6.61 Å². The van der Waals surface area contributed by atoms with Gasteiger partial charge in [0.2, 0.25) is 0 Å². The highest BCUT2D eigenvalue weighted by Crippen LogP contribution is 2.29. The summed E-state index contributed by atoms with van der Waals surface area (Å²) in [7, 11) is 0. The molecule has 1 atom stereocenters.